The Morgan fingerprint density at radius 2 is 1.67 bits per heavy atom. The molecular weight excluding hydrogens is 228 g/mol. The molecule has 2 N–H and O–H groups in total. The minimum Gasteiger partial charge on any atom is -0.368 e. The predicted octanol–water partition coefficient (Wildman–Crippen LogP) is 0.813. The van der Waals surface area contributed by atoms with E-state index < -0.39 is 22.7 Å². The number of hydrogen-bond acceptors (Lipinski definition) is 4. The smallest absolute Gasteiger partial charge is 0.241 e. The van der Waals surface area contributed by atoms with E-state index in [0.717, 1.165) is 0 Å². The van der Waals surface area contributed by atoms with Gasteiger partial charge in [-0.05, 0) is 5.56 Å². The molecule has 0 saturated heterocycles. The monoisotopic (exact) mass is 236 g/mol. The second-order valence-electron chi connectivity index (χ2n) is 4.16. The molecule has 0 bridgehead atoms. The number of benzene rings is 1. The van der Waals surface area contributed by atoms with Crippen LogP contribution in [0.15, 0.2) is 30.3 Å². The number of carbonyl (C=O) groups excluding carboxylic acids is 1. The number of hydrogen-bond donors (Lipinski definition) is 1. The highest BCUT2D eigenvalue weighted by molar-refractivity contribution is 5.94. The van der Waals surface area contributed by atoms with Crippen LogP contribution in [0.2, 0.25) is 0 Å². The van der Waals surface area contributed by atoms with Crippen LogP contribution >= 0.6 is 0 Å². The molecule has 1 aromatic carbocycles. The fourth-order valence-electron chi connectivity index (χ4n) is 2.50. The highest BCUT2D eigenvalue weighted by atomic mass is 16.1. The van der Waals surface area contributed by atoms with Crippen LogP contribution in [0.25, 0.3) is 0 Å². The maximum absolute atomic E-state index is 11.5. The van der Waals surface area contributed by atoms with Crippen LogP contribution in [0.4, 0.5) is 0 Å². The van der Waals surface area contributed by atoms with E-state index in [9.17, 15) is 20.6 Å². The van der Waals surface area contributed by atoms with Gasteiger partial charge >= 0.3 is 0 Å². The molecule has 0 heterocycles. The Balaban J connectivity index is 2.64. The van der Waals surface area contributed by atoms with Crippen LogP contribution in [-0.2, 0) is 4.79 Å². The Labute approximate surface area is 104 Å². The first-order valence-corrected chi connectivity index (χ1v) is 5.19. The summed E-state index contributed by atoms with van der Waals surface area (Å²) in [5.41, 5.74) is 2.39. The average Bonchev–Trinajstić information content (AvgIpc) is 3.04. The minimum atomic E-state index is -1.75. The lowest BCUT2D eigenvalue weighted by Crippen LogP contribution is -2.28. The molecule has 0 aromatic heterocycles. The molecule has 1 aliphatic carbocycles. The molecule has 0 aliphatic heterocycles. The van der Waals surface area contributed by atoms with E-state index >= 15 is 0 Å². The van der Waals surface area contributed by atoms with Gasteiger partial charge in [0.05, 0.1) is 18.2 Å². The van der Waals surface area contributed by atoms with E-state index in [1.165, 1.54) is 0 Å². The summed E-state index contributed by atoms with van der Waals surface area (Å²) in [6.45, 7) is 0. The zero-order valence-corrected chi connectivity index (χ0v) is 9.29. The van der Waals surface area contributed by atoms with Crippen molar-refractivity contribution in [2.24, 2.45) is 16.6 Å². The third-order valence-corrected chi connectivity index (χ3v) is 3.46. The molecular formula is C13H8N4O. The van der Waals surface area contributed by atoms with Crippen LogP contribution in [0, 0.1) is 44.8 Å². The number of nitrogens with zero attached hydrogens (tertiary/aromatic N) is 3. The highest BCUT2D eigenvalue weighted by Gasteiger charge is 2.84. The molecule has 1 amide bonds. The first-order valence-electron chi connectivity index (χ1n) is 5.19. The number of rotatable bonds is 2. The van der Waals surface area contributed by atoms with Crippen molar-refractivity contribution in [2.75, 3.05) is 0 Å². The van der Waals surface area contributed by atoms with Gasteiger partial charge in [-0.1, -0.05) is 30.3 Å². The molecule has 1 aromatic rings. The fraction of sp³-hybridized carbons (Fsp3) is 0.231. The van der Waals surface area contributed by atoms with Crippen molar-refractivity contribution in [3.63, 3.8) is 0 Å². The number of nitrogens with two attached hydrogens (primary N) is 1. The van der Waals surface area contributed by atoms with Crippen molar-refractivity contribution in [1.29, 1.82) is 15.8 Å². The maximum Gasteiger partial charge on any atom is 0.241 e. The van der Waals surface area contributed by atoms with Crippen molar-refractivity contribution in [3.8, 4) is 18.2 Å². The van der Waals surface area contributed by atoms with Gasteiger partial charge in [0.1, 0.15) is 0 Å². The maximum atomic E-state index is 11.5. The summed E-state index contributed by atoms with van der Waals surface area (Å²) in [5, 5.41) is 27.5. The molecule has 5 nitrogen and oxygen atoms in total. The molecule has 0 unspecified atom stereocenters. The molecule has 5 heteroatoms. The van der Waals surface area contributed by atoms with E-state index in [0.29, 0.717) is 5.56 Å². The summed E-state index contributed by atoms with van der Waals surface area (Å²) in [7, 11) is 0. The molecule has 1 aliphatic rings. The quantitative estimate of drug-likeness (QED) is 0.818. The topological polar surface area (TPSA) is 114 Å². The largest absolute Gasteiger partial charge is 0.368 e. The van der Waals surface area contributed by atoms with Crippen molar-refractivity contribution < 1.29 is 4.79 Å². The van der Waals surface area contributed by atoms with E-state index in [1.807, 2.05) is 0 Å². The van der Waals surface area contributed by atoms with Gasteiger partial charge in [0.25, 0.3) is 0 Å². The van der Waals surface area contributed by atoms with E-state index in [1.54, 1.807) is 48.5 Å². The van der Waals surface area contributed by atoms with Gasteiger partial charge < -0.3 is 5.73 Å². The first kappa shape index (κ1) is 11.6. The molecule has 0 radical (unpaired) electrons. The summed E-state index contributed by atoms with van der Waals surface area (Å²) in [6, 6.07) is 13.9. The Morgan fingerprint density at radius 3 is 2.00 bits per heavy atom. The lowest BCUT2D eigenvalue weighted by molar-refractivity contribution is -0.121. The van der Waals surface area contributed by atoms with Gasteiger partial charge in [0.15, 0.2) is 10.8 Å². The summed E-state index contributed by atoms with van der Waals surface area (Å²) in [4.78, 5) is 11.5. The SMILES string of the molecule is N#CC1(C#N)[C@@H](c2ccccc2)[C@@]1(C#N)C(N)=O. The molecule has 1 saturated carbocycles. The zero-order valence-electron chi connectivity index (χ0n) is 9.29. The Morgan fingerprint density at radius 1 is 1.11 bits per heavy atom. The standard InChI is InChI=1S/C13H8N4O/c14-6-12(7-15)10(9-4-2-1-3-5-9)13(12,8-16)11(17)18/h1-5,10H,(H2,17,18)/t10-,13+/m1/s1. The zero-order chi connectivity index (χ0) is 13.4. The van der Waals surface area contributed by atoms with E-state index in [2.05, 4.69) is 0 Å². The average molecular weight is 236 g/mol. The highest BCUT2D eigenvalue weighted by Crippen LogP contribution is 2.73. The molecule has 18 heavy (non-hydrogen) atoms. The second kappa shape index (κ2) is 3.58. The summed E-state index contributed by atoms with van der Waals surface area (Å²) in [6.07, 6.45) is 0. The van der Waals surface area contributed by atoms with Crippen LogP contribution in [0.1, 0.15) is 11.5 Å². The number of nitriles is 3. The third-order valence-electron chi connectivity index (χ3n) is 3.46. The van der Waals surface area contributed by atoms with E-state index in [-0.39, 0.29) is 0 Å². The Kier molecular flexibility index (Phi) is 2.32. The van der Waals surface area contributed by atoms with Gasteiger partial charge in [0, 0.05) is 5.92 Å². The van der Waals surface area contributed by atoms with Crippen LogP contribution < -0.4 is 5.73 Å². The molecule has 2 rings (SSSR count). The van der Waals surface area contributed by atoms with Crippen molar-refractivity contribution in [2.45, 2.75) is 5.92 Å². The second-order valence-corrected chi connectivity index (χ2v) is 4.16. The van der Waals surface area contributed by atoms with Gasteiger partial charge in [-0.2, -0.15) is 15.8 Å². The Bertz CT molecular complexity index is 618. The van der Waals surface area contributed by atoms with Crippen molar-refractivity contribution in [1.82, 2.24) is 0 Å². The summed E-state index contributed by atoms with van der Waals surface area (Å²) < 4.78 is 0. The minimum absolute atomic E-state index is 0.598. The molecule has 1 fully saturated rings. The third kappa shape index (κ3) is 1.04. The van der Waals surface area contributed by atoms with E-state index in [4.69, 9.17) is 5.73 Å². The van der Waals surface area contributed by atoms with Gasteiger partial charge in [-0.25, -0.2) is 0 Å². The first-order chi connectivity index (χ1) is 8.60. The van der Waals surface area contributed by atoms with Gasteiger partial charge in [-0.15, -0.1) is 0 Å². The Hall–Kier alpha value is -2.84. The normalized spacial score (nSPS) is 27.3. The number of amides is 1. The van der Waals surface area contributed by atoms with Crippen LogP contribution in [0.5, 0.6) is 0 Å². The number of carbonyl (C=O) groups is 1. The number of primary amides is 1. The molecule has 0 spiro atoms. The lowest BCUT2D eigenvalue weighted by atomic mass is 9.96. The van der Waals surface area contributed by atoms with Gasteiger partial charge in [-0.3, -0.25) is 4.79 Å². The molecule has 86 valence electrons. The summed E-state index contributed by atoms with van der Waals surface area (Å²) >= 11 is 0. The van der Waals surface area contributed by atoms with Crippen molar-refractivity contribution >= 4 is 5.91 Å². The van der Waals surface area contributed by atoms with Crippen LogP contribution in [-0.4, -0.2) is 5.91 Å². The fourth-order valence-corrected chi connectivity index (χ4v) is 2.50. The van der Waals surface area contributed by atoms with Crippen LogP contribution in [0.3, 0.4) is 0 Å². The summed E-state index contributed by atoms with van der Waals surface area (Å²) in [5.74, 6) is -1.72. The molecule has 2 atom stereocenters. The van der Waals surface area contributed by atoms with Crippen molar-refractivity contribution in [3.05, 3.63) is 35.9 Å². The predicted molar refractivity (Wildman–Crippen MR) is 60.1 cm³/mol. The van der Waals surface area contributed by atoms with Gasteiger partial charge in [0.2, 0.25) is 5.91 Å². The lowest BCUT2D eigenvalue weighted by Gasteiger charge is -2.02.